The standard InChI is InChI=1S/C32H40FN7O3/c33-28-6-5-24(20-29-25-3-1-2-4-26(25)31(42)36-35-29)19-27(28)32(43)40-17-15-39(16-18-40)30(41)22-37-11-7-23(8-12-37)21-38-13-9-34-10-14-38/h1-6,19,23,34H,7-18,20-22H2,(H,36,42). The number of fused-ring (bicyclic) bond motifs is 1. The number of hydrogen-bond donors (Lipinski definition) is 2. The largest absolute Gasteiger partial charge is 0.338 e. The molecule has 0 aliphatic carbocycles. The quantitative estimate of drug-likeness (QED) is 0.431. The number of rotatable bonds is 7. The lowest BCUT2D eigenvalue weighted by Crippen LogP contribution is -2.53. The van der Waals surface area contributed by atoms with Crippen LogP contribution in [0.4, 0.5) is 4.39 Å². The van der Waals surface area contributed by atoms with Crippen molar-refractivity contribution in [1.29, 1.82) is 0 Å². The molecule has 6 rings (SSSR count). The lowest BCUT2D eigenvalue weighted by Gasteiger charge is -2.38. The number of H-pyrrole nitrogens is 1. The first-order chi connectivity index (χ1) is 20.9. The molecule has 3 saturated heterocycles. The Hall–Kier alpha value is -3.67. The molecule has 228 valence electrons. The van der Waals surface area contributed by atoms with Crippen LogP contribution in [0.15, 0.2) is 47.3 Å². The molecule has 1 aromatic heterocycles. The summed E-state index contributed by atoms with van der Waals surface area (Å²) in [5.74, 6) is -0.157. The predicted molar refractivity (Wildman–Crippen MR) is 163 cm³/mol. The van der Waals surface area contributed by atoms with Crippen LogP contribution in [0.3, 0.4) is 0 Å². The van der Waals surface area contributed by atoms with Crippen molar-refractivity contribution in [1.82, 2.24) is 35.1 Å². The minimum atomic E-state index is -0.577. The maximum Gasteiger partial charge on any atom is 0.272 e. The predicted octanol–water partition coefficient (Wildman–Crippen LogP) is 1.55. The van der Waals surface area contributed by atoms with Crippen LogP contribution in [0.5, 0.6) is 0 Å². The summed E-state index contributed by atoms with van der Waals surface area (Å²) in [6.07, 6.45) is 2.59. The summed E-state index contributed by atoms with van der Waals surface area (Å²) in [7, 11) is 0. The number of halogens is 1. The van der Waals surface area contributed by atoms with E-state index in [4.69, 9.17) is 0 Å². The summed E-state index contributed by atoms with van der Waals surface area (Å²) in [6, 6.07) is 11.7. The van der Waals surface area contributed by atoms with Crippen LogP contribution in [0.2, 0.25) is 0 Å². The average molecular weight is 590 g/mol. The van der Waals surface area contributed by atoms with Gasteiger partial charge in [-0.25, -0.2) is 9.49 Å². The lowest BCUT2D eigenvalue weighted by molar-refractivity contribution is -0.134. The van der Waals surface area contributed by atoms with Gasteiger partial charge in [0, 0.05) is 70.7 Å². The highest BCUT2D eigenvalue weighted by molar-refractivity contribution is 5.95. The van der Waals surface area contributed by atoms with Gasteiger partial charge in [-0.1, -0.05) is 24.3 Å². The van der Waals surface area contributed by atoms with Crippen molar-refractivity contribution in [3.05, 3.63) is 75.5 Å². The zero-order valence-corrected chi connectivity index (χ0v) is 24.6. The highest BCUT2D eigenvalue weighted by Crippen LogP contribution is 2.21. The zero-order valence-electron chi connectivity index (χ0n) is 24.6. The fourth-order valence-electron chi connectivity index (χ4n) is 6.55. The third kappa shape index (κ3) is 6.95. The maximum absolute atomic E-state index is 14.9. The molecular formula is C32H40FN7O3. The molecule has 43 heavy (non-hydrogen) atoms. The molecule has 10 nitrogen and oxygen atoms in total. The first-order valence-electron chi connectivity index (χ1n) is 15.4. The van der Waals surface area contributed by atoms with Gasteiger partial charge in [0.25, 0.3) is 11.5 Å². The van der Waals surface area contributed by atoms with E-state index in [2.05, 4.69) is 25.3 Å². The summed E-state index contributed by atoms with van der Waals surface area (Å²) in [5.41, 5.74) is 1.11. The Morgan fingerprint density at radius 3 is 2.30 bits per heavy atom. The van der Waals surface area contributed by atoms with E-state index < -0.39 is 5.82 Å². The summed E-state index contributed by atoms with van der Waals surface area (Å²) < 4.78 is 14.9. The maximum atomic E-state index is 14.9. The third-order valence-electron chi connectivity index (χ3n) is 9.12. The van der Waals surface area contributed by atoms with E-state index in [1.54, 1.807) is 29.2 Å². The van der Waals surface area contributed by atoms with Gasteiger partial charge in [-0.15, -0.1) is 0 Å². The van der Waals surface area contributed by atoms with Crippen molar-refractivity contribution in [3.63, 3.8) is 0 Å². The Bertz CT molecular complexity index is 1510. The fraction of sp³-hybridized carbons (Fsp3) is 0.500. The van der Waals surface area contributed by atoms with Gasteiger partial charge in [0.2, 0.25) is 5.91 Å². The Morgan fingerprint density at radius 2 is 1.56 bits per heavy atom. The second-order valence-corrected chi connectivity index (χ2v) is 12.0. The first kappa shape index (κ1) is 29.4. The Labute approximate surface area is 250 Å². The normalized spacial score (nSPS) is 19.2. The molecule has 3 aliphatic rings. The fourth-order valence-corrected chi connectivity index (χ4v) is 6.55. The van der Waals surface area contributed by atoms with Crippen LogP contribution in [-0.2, 0) is 11.2 Å². The van der Waals surface area contributed by atoms with Gasteiger partial charge in [-0.3, -0.25) is 19.3 Å². The third-order valence-corrected chi connectivity index (χ3v) is 9.12. The molecule has 0 atom stereocenters. The molecule has 0 bridgehead atoms. The summed E-state index contributed by atoms with van der Waals surface area (Å²) in [5, 5.41) is 11.4. The van der Waals surface area contributed by atoms with E-state index in [0.29, 0.717) is 56.1 Å². The number of nitrogens with one attached hydrogen (secondary N) is 2. The van der Waals surface area contributed by atoms with Gasteiger partial charge in [0.1, 0.15) is 5.82 Å². The molecule has 3 aromatic rings. The molecule has 2 N–H and O–H groups in total. The van der Waals surface area contributed by atoms with E-state index >= 15 is 0 Å². The number of amides is 2. The van der Waals surface area contributed by atoms with E-state index in [-0.39, 0.29) is 22.9 Å². The molecule has 3 fully saturated rings. The molecule has 3 aliphatic heterocycles. The van der Waals surface area contributed by atoms with Crippen molar-refractivity contribution in [2.45, 2.75) is 19.3 Å². The molecule has 0 saturated carbocycles. The smallest absolute Gasteiger partial charge is 0.272 e. The Kier molecular flexibility index (Phi) is 9.11. The highest BCUT2D eigenvalue weighted by atomic mass is 19.1. The van der Waals surface area contributed by atoms with Crippen molar-refractivity contribution in [2.75, 3.05) is 78.5 Å². The van der Waals surface area contributed by atoms with E-state index in [1.165, 1.54) is 6.07 Å². The number of piperidine rings is 1. The van der Waals surface area contributed by atoms with Crippen molar-refractivity contribution in [3.8, 4) is 0 Å². The number of benzene rings is 2. The molecule has 11 heteroatoms. The Morgan fingerprint density at radius 1 is 0.860 bits per heavy atom. The monoisotopic (exact) mass is 589 g/mol. The van der Waals surface area contributed by atoms with E-state index in [9.17, 15) is 18.8 Å². The number of carbonyl (C=O) groups excluding carboxylic acids is 2. The van der Waals surface area contributed by atoms with E-state index in [1.807, 2.05) is 17.0 Å². The number of piperazine rings is 2. The van der Waals surface area contributed by atoms with Crippen LogP contribution in [-0.4, -0.2) is 120 Å². The van der Waals surface area contributed by atoms with Gasteiger partial charge < -0.3 is 20.0 Å². The number of nitrogens with zero attached hydrogens (tertiary/aromatic N) is 5. The number of aromatic amines is 1. The minimum Gasteiger partial charge on any atom is -0.338 e. The average Bonchev–Trinajstić information content (AvgIpc) is 3.04. The van der Waals surface area contributed by atoms with Crippen LogP contribution >= 0.6 is 0 Å². The van der Waals surface area contributed by atoms with Gasteiger partial charge in [-0.05, 0) is 55.6 Å². The van der Waals surface area contributed by atoms with E-state index in [0.717, 1.165) is 69.6 Å². The second kappa shape index (κ2) is 13.3. The molecule has 0 spiro atoms. The van der Waals surface area contributed by atoms with Gasteiger partial charge in [-0.2, -0.15) is 5.10 Å². The number of hydrogen-bond acceptors (Lipinski definition) is 7. The second-order valence-electron chi connectivity index (χ2n) is 12.0. The van der Waals surface area contributed by atoms with Gasteiger partial charge >= 0.3 is 0 Å². The summed E-state index contributed by atoms with van der Waals surface area (Å²) >= 11 is 0. The molecule has 2 aromatic carbocycles. The van der Waals surface area contributed by atoms with Crippen molar-refractivity contribution in [2.24, 2.45) is 5.92 Å². The molecule has 4 heterocycles. The Balaban J connectivity index is 1.00. The van der Waals surface area contributed by atoms with Crippen molar-refractivity contribution >= 4 is 22.6 Å². The molecular weight excluding hydrogens is 549 g/mol. The SMILES string of the molecule is O=C(CN1CCC(CN2CCNCC2)CC1)N1CCN(C(=O)c2cc(Cc3n[nH]c(=O)c4ccccc34)ccc2F)CC1. The highest BCUT2D eigenvalue weighted by Gasteiger charge is 2.29. The molecule has 0 radical (unpaired) electrons. The number of carbonyl (C=O) groups is 2. The lowest BCUT2D eigenvalue weighted by atomic mass is 9.96. The minimum absolute atomic E-state index is 0.00898. The van der Waals surface area contributed by atoms with Crippen LogP contribution < -0.4 is 10.9 Å². The van der Waals surface area contributed by atoms with Gasteiger partial charge in [0.05, 0.1) is 23.2 Å². The number of likely N-dealkylation sites (tertiary alicyclic amines) is 1. The summed E-state index contributed by atoms with van der Waals surface area (Å²) in [6.45, 7) is 9.47. The zero-order chi connectivity index (χ0) is 29.8. The summed E-state index contributed by atoms with van der Waals surface area (Å²) in [4.78, 5) is 46.8. The first-order valence-corrected chi connectivity index (χ1v) is 15.4. The van der Waals surface area contributed by atoms with Crippen LogP contribution in [0.1, 0.15) is 34.5 Å². The topological polar surface area (TPSA) is 105 Å². The molecule has 0 unspecified atom stereocenters. The van der Waals surface area contributed by atoms with Crippen LogP contribution in [0, 0.1) is 11.7 Å². The van der Waals surface area contributed by atoms with Gasteiger partial charge in [0.15, 0.2) is 0 Å². The molecule has 2 amide bonds. The van der Waals surface area contributed by atoms with Crippen LogP contribution in [0.25, 0.3) is 10.8 Å². The number of aromatic nitrogens is 2. The van der Waals surface area contributed by atoms with Crippen molar-refractivity contribution < 1.29 is 14.0 Å².